The Bertz CT molecular complexity index is 577. The van der Waals surface area contributed by atoms with Crippen LogP contribution in [0.25, 0.3) is 0 Å². The fourth-order valence-electron chi connectivity index (χ4n) is 1.65. The molecule has 3 N–H and O–H groups in total. The van der Waals surface area contributed by atoms with Gasteiger partial charge >= 0.3 is 0 Å². The number of thiocarbonyl (C=S) groups is 1. The van der Waals surface area contributed by atoms with Crippen molar-refractivity contribution in [2.45, 2.75) is 20.4 Å². The molecule has 0 fully saturated rings. The lowest BCUT2D eigenvalue weighted by atomic mass is 10.1. The van der Waals surface area contributed by atoms with Crippen molar-refractivity contribution in [2.75, 3.05) is 5.32 Å². The second-order valence-corrected chi connectivity index (χ2v) is 5.69. The molecule has 2 heterocycles. The fourth-order valence-corrected chi connectivity index (χ4v) is 2.63. The average Bonchev–Trinajstić information content (AvgIpc) is 2.72. The van der Waals surface area contributed by atoms with E-state index >= 15 is 0 Å². The summed E-state index contributed by atoms with van der Waals surface area (Å²) in [5, 5.41) is 4.25. The van der Waals surface area contributed by atoms with Crippen LogP contribution < -0.4 is 11.1 Å². The van der Waals surface area contributed by atoms with Crippen LogP contribution in [0.15, 0.2) is 18.5 Å². The summed E-state index contributed by atoms with van der Waals surface area (Å²) in [5.74, 6) is 0.718. The van der Waals surface area contributed by atoms with Gasteiger partial charge in [0.05, 0.1) is 12.1 Å². The van der Waals surface area contributed by atoms with E-state index in [9.17, 15) is 0 Å². The molecule has 2 aromatic heterocycles. The van der Waals surface area contributed by atoms with Crippen LogP contribution in [0, 0.1) is 13.8 Å². The molecule has 6 heteroatoms. The minimum absolute atomic E-state index is 0.360. The first-order chi connectivity index (χ1) is 8.58. The zero-order chi connectivity index (χ0) is 13.1. The molecule has 0 atom stereocenters. The Hall–Kier alpha value is -1.53. The van der Waals surface area contributed by atoms with Crippen molar-refractivity contribution in [3.63, 3.8) is 0 Å². The van der Waals surface area contributed by atoms with Crippen LogP contribution >= 0.6 is 23.6 Å². The molecule has 18 heavy (non-hydrogen) atoms. The molecule has 0 saturated heterocycles. The van der Waals surface area contributed by atoms with Gasteiger partial charge in [0.2, 0.25) is 0 Å². The Morgan fingerprint density at radius 1 is 1.44 bits per heavy atom. The van der Waals surface area contributed by atoms with Crippen molar-refractivity contribution in [1.82, 2.24) is 9.97 Å². The molecule has 2 rings (SSSR count). The Morgan fingerprint density at radius 2 is 2.22 bits per heavy atom. The smallest absolute Gasteiger partial charge is 0.136 e. The minimum atomic E-state index is 0.360. The van der Waals surface area contributed by atoms with E-state index in [1.165, 1.54) is 4.88 Å². The van der Waals surface area contributed by atoms with Crippen molar-refractivity contribution >= 4 is 34.4 Å². The summed E-state index contributed by atoms with van der Waals surface area (Å²) in [6.45, 7) is 4.63. The molecule has 4 nitrogen and oxygen atoms in total. The van der Waals surface area contributed by atoms with Crippen molar-refractivity contribution in [1.29, 1.82) is 0 Å². The van der Waals surface area contributed by atoms with Crippen molar-refractivity contribution in [3.05, 3.63) is 39.5 Å². The summed E-state index contributed by atoms with van der Waals surface area (Å²) in [5.41, 5.74) is 7.56. The van der Waals surface area contributed by atoms with E-state index in [2.05, 4.69) is 15.3 Å². The lowest BCUT2D eigenvalue weighted by Gasteiger charge is -2.11. The number of hydrogen-bond donors (Lipinski definition) is 2. The zero-order valence-corrected chi connectivity index (χ0v) is 11.9. The summed E-state index contributed by atoms with van der Waals surface area (Å²) >= 11 is 6.72. The predicted molar refractivity (Wildman–Crippen MR) is 79.0 cm³/mol. The van der Waals surface area contributed by atoms with E-state index < -0.39 is 0 Å². The first kappa shape index (κ1) is 12.9. The van der Waals surface area contributed by atoms with Gasteiger partial charge in [-0.25, -0.2) is 9.97 Å². The topological polar surface area (TPSA) is 63.8 Å². The first-order valence-corrected chi connectivity index (χ1v) is 6.71. The Balaban J connectivity index is 2.19. The van der Waals surface area contributed by atoms with Gasteiger partial charge in [0.25, 0.3) is 0 Å². The molecule has 0 aliphatic rings. The fraction of sp³-hybridized carbons (Fsp3) is 0.250. The van der Waals surface area contributed by atoms with Crippen LogP contribution in [0.1, 0.15) is 21.0 Å². The summed E-state index contributed by atoms with van der Waals surface area (Å²) < 4.78 is 0. The van der Waals surface area contributed by atoms with Crippen LogP contribution in [0.5, 0.6) is 0 Å². The van der Waals surface area contributed by atoms with Crippen molar-refractivity contribution in [3.8, 4) is 0 Å². The number of aromatic nitrogens is 2. The standard InChI is InChI=1S/C12H14N4S2/c1-7-3-4-14-12(10(7)11(13)17)16-6-9-15-5-8(2)18-9/h3-5H,6H2,1-2H3,(H2,13,17)(H,14,16). The molecule has 2 aromatic rings. The summed E-state index contributed by atoms with van der Waals surface area (Å²) in [7, 11) is 0. The number of aryl methyl sites for hydroxylation is 2. The summed E-state index contributed by atoms with van der Waals surface area (Å²) in [6, 6.07) is 1.90. The van der Waals surface area contributed by atoms with Crippen LogP contribution in [0.2, 0.25) is 0 Å². The summed E-state index contributed by atoms with van der Waals surface area (Å²) in [4.78, 5) is 10.1. The number of nitrogens with two attached hydrogens (primary N) is 1. The van der Waals surface area contributed by atoms with E-state index in [4.69, 9.17) is 18.0 Å². The first-order valence-electron chi connectivity index (χ1n) is 5.48. The molecule has 0 amide bonds. The number of hydrogen-bond acceptors (Lipinski definition) is 5. The van der Waals surface area contributed by atoms with Gasteiger partial charge in [0.1, 0.15) is 15.8 Å². The second kappa shape index (κ2) is 5.41. The molecule has 0 spiro atoms. The molecule has 0 radical (unpaired) electrons. The number of thiazole rings is 1. The molecular weight excluding hydrogens is 264 g/mol. The molecule has 0 aromatic carbocycles. The average molecular weight is 278 g/mol. The summed E-state index contributed by atoms with van der Waals surface area (Å²) in [6.07, 6.45) is 3.60. The van der Waals surface area contributed by atoms with Crippen molar-refractivity contribution < 1.29 is 0 Å². The van der Waals surface area contributed by atoms with Gasteiger partial charge in [-0.2, -0.15) is 0 Å². The zero-order valence-electron chi connectivity index (χ0n) is 10.2. The van der Waals surface area contributed by atoms with Crippen LogP contribution in [0.3, 0.4) is 0 Å². The maximum absolute atomic E-state index is 5.73. The molecular formula is C12H14N4S2. The van der Waals surface area contributed by atoms with E-state index in [1.54, 1.807) is 17.5 Å². The highest BCUT2D eigenvalue weighted by molar-refractivity contribution is 7.80. The van der Waals surface area contributed by atoms with Gasteiger partial charge in [-0.05, 0) is 25.5 Å². The van der Waals surface area contributed by atoms with Gasteiger partial charge in [-0.15, -0.1) is 11.3 Å². The number of nitrogens with one attached hydrogen (secondary N) is 1. The number of rotatable bonds is 4. The maximum Gasteiger partial charge on any atom is 0.136 e. The van der Waals surface area contributed by atoms with E-state index in [-0.39, 0.29) is 0 Å². The highest BCUT2D eigenvalue weighted by Crippen LogP contribution is 2.18. The number of nitrogens with zero attached hydrogens (tertiary/aromatic N) is 2. The highest BCUT2D eigenvalue weighted by Gasteiger charge is 2.10. The Kier molecular flexibility index (Phi) is 3.88. The third kappa shape index (κ3) is 2.83. The minimum Gasteiger partial charge on any atom is -0.389 e. The predicted octanol–water partition coefficient (Wildman–Crippen LogP) is 2.40. The molecule has 0 unspecified atom stereocenters. The maximum atomic E-state index is 5.73. The van der Waals surface area contributed by atoms with Gasteiger partial charge in [-0.3, -0.25) is 0 Å². The second-order valence-electron chi connectivity index (χ2n) is 3.93. The molecule has 0 aliphatic carbocycles. The molecule has 0 bridgehead atoms. The van der Waals surface area contributed by atoms with E-state index in [1.807, 2.05) is 26.1 Å². The Labute approximate surface area is 115 Å². The van der Waals surface area contributed by atoms with Gasteiger partial charge in [0, 0.05) is 17.3 Å². The third-order valence-electron chi connectivity index (χ3n) is 2.48. The number of anilines is 1. The van der Waals surface area contributed by atoms with E-state index in [0.29, 0.717) is 11.5 Å². The van der Waals surface area contributed by atoms with Crippen LogP contribution in [0.4, 0.5) is 5.82 Å². The normalized spacial score (nSPS) is 10.3. The largest absolute Gasteiger partial charge is 0.389 e. The van der Waals surface area contributed by atoms with E-state index in [0.717, 1.165) is 22.0 Å². The van der Waals surface area contributed by atoms with Crippen LogP contribution in [-0.4, -0.2) is 15.0 Å². The SMILES string of the molecule is Cc1cnc(CNc2nccc(C)c2C(N)=S)s1. The highest BCUT2D eigenvalue weighted by atomic mass is 32.1. The molecule has 0 saturated carbocycles. The number of pyridine rings is 1. The van der Waals surface area contributed by atoms with Gasteiger partial charge in [-0.1, -0.05) is 12.2 Å². The lowest BCUT2D eigenvalue weighted by Crippen LogP contribution is -2.16. The Morgan fingerprint density at radius 3 is 2.83 bits per heavy atom. The van der Waals surface area contributed by atoms with Gasteiger partial charge < -0.3 is 11.1 Å². The van der Waals surface area contributed by atoms with Crippen LogP contribution in [-0.2, 0) is 6.54 Å². The van der Waals surface area contributed by atoms with Crippen molar-refractivity contribution in [2.24, 2.45) is 5.73 Å². The van der Waals surface area contributed by atoms with Gasteiger partial charge in [0.15, 0.2) is 0 Å². The lowest BCUT2D eigenvalue weighted by molar-refractivity contribution is 1.07. The molecule has 0 aliphatic heterocycles. The monoisotopic (exact) mass is 278 g/mol. The molecule has 94 valence electrons. The quantitative estimate of drug-likeness (QED) is 0.841. The third-order valence-corrected chi connectivity index (χ3v) is 3.60.